The molecule has 0 fully saturated rings. The summed E-state index contributed by atoms with van der Waals surface area (Å²) in [4.78, 5) is 11.2. The summed E-state index contributed by atoms with van der Waals surface area (Å²) in [5.41, 5.74) is 4.65. The van der Waals surface area contributed by atoms with Gasteiger partial charge in [0.15, 0.2) is 5.96 Å². The highest BCUT2D eigenvalue weighted by Gasteiger charge is 2.32. The Labute approximate surface area is 155 Å². The SMILES string of the molecule is CCOCCCN=C(N)NCCNc1nccc(C(F)(F)F)n1.I. The van der Waals surface area contributed by atoms with E-state index in [9.17, 15) is 13.2 Å². The molecule has 0 amide bonds. The summed E-state index contributed by atoms with van der Waals surface area (Å²) in [5, 5.41) is 5.52. The van der Waals surface area contributed by atoms with Gasteiger partial charge in [-0.3, -0.25) is 4.99 Å². The molecule has 24 heavy (non-hydrogen) atoms. The molecule has 0 aliphatic carbocycles. The second kappa shape index (κ2) is 12.1. The molecule has 0 aliphatic rings. The maximum atomic E-state index is 12.5. The van der Waals surface area contributed by atoms with E-state index in [1.165, 1.54) is 0 Å². The molecule has 0 aromatic carbocycles. The Kier molecular flexibility index (Phi) is 11.4. The van der Waals surface area contributed by atoms with Crippen LogP contribution >= 0.6 is 24.0 Å². The van der Waals surface area contributed by atoms with Gasteiger partial charge in [0.05, 0.1) is 0 Å². The maximum absolute atomic E-state index is 12.5. The molecule has 0 aliphatic heterocycles. The molecule has 11 heteroatoms. The van der Waals surface area contributed by atoms with Crippen LogP contribution in [0.2, 0.25) is 0 Å². The molecule has 0 spiro atoms. The van der Waals surface area contributed by atoms with Gasteiger partial charge >= 0.3 is 6.18 Å². The molecule has 0 bridgehead atoms. The third-order valence-electron chi connectivity index (χ3n) is 2.59. The van der Waals surface area contributed by atoms with E-state index in [1.807, 2.05) is 6.92 Å². The van der Waals surface area contributed by atoms with Crippen molar-refractivity contribution in [2.75, 3.05) is 38.2 Å². The van der Waals surface area contributed by atoms with Crippen molar-refractivity contribution in [2.45, 2.75) is 19.5 Å². The summed E-state index contributed by atoms with van der Waals surface area (Å²) >= 11 is 0. The number of nitrogens with two attached hydrogens (primary N) is 1. The van der Waals surface area contributed by atoms with E-state index in [2.05, 4.69) is 25.6 Å². The maximum Gasteiger partial charge on any atom is 0.433 e. The lowest BCUT2D eigenvalue weighted by molar-refractivity contribution is -0.141. The van der Waals surface area contributed by atoms with Crippen molar-refractivity contribution < 1.29 is 17.9 Å². The summed E-state index contributed by atoms with van der Waals surface area (Å²) in [6, 6.07) is 0.816. The van der Waals surface area contributed by atoms with Crippen LogP contribution < -0.4 is 16.4 Å². The Bertz CT molecular complexity index is 501. The third-order valence-corrected chi connectivity index (χ3v) is 2.59. The second-order valence-corrected chi connectivity index (χ2v) is 4.43. The van der Waals surface area contributed by atoms with Crippen LogP contribution in [-0.4, -0.2) is 48.8 Å². The Morgan fingerprint density at radius 2 is 2.12 bits per heavy atom. The summed E-state index contributed by atoms with van der Waals surface area (Å²) in [5.74, 6) is 0.183. The van der Waals surface area contributed by atoms with E-state index in [0.29, 0.717) is 32.8 Å². The minimum absolute atomic E-state index is 0. The molecule has 0 atom stereocenters. The average Bonchev–Trinajstić information content (AvgIpc) is 2.51. The van der Waals surface area contributed by atoms with E-state index in [0.717, 1.165) is 18.7 Å². The number of ether oxygens (including phenoxy) is 1. The number of alkyl halides is 3. The number of nitrogens with zero attached hydrogens (tertiary/aromatic N) is 3. The number of nitrogens with one attached hydrogen (secondary N) is 2. The van der Waals surface area contributed by atoms with Crippen LogP contribution in [-0.2, 0) is 10.9 Å². The predicted octanol–water partition coefficient (Wildman–Crippen LogP) is 1.86. The van der Waals surface area contributed by atoms with Gasteiger partial charge in [-0.1, -0.05) is 0 Å². The lowest BCUT2D eigenvalue weighted by Crippen LogP contribution is -2.35. The largest absolute Gasteiger partial charge is 0.433 e. The number of anilines is 1. The molecule has 1 rings (SSSR count). The molecule has 0 saturated heterocycles. The van der Waals surface area contributed by atoms with Crippen LogP contribution in [0.4, 0.5) is 19.1 Å². The van der Waals surface area contributed by atoms with Gasteiger partial charge in [-0.15, -0.1) is 24.0 Å². The van der Waals surface area contributed by atoms with Gasteiger partial charge in [0.1, 0.15) is 5.69 Å². The fraction of sp³-hybridized carbons (Fsp3) is 0.615. The summed E-state index contributed by atoms with van der Waals surface area (Å²) in [6.07, 6.45) is -2.66. The van der Waals surface area contributed by atoms with Gasteiger partial charge in [-0.05, 0) is 19.4 Å². The van der Waals surface area contributed by atoms with E-state index in [4.69, 9.17) is 10.5 Å². The van der Waals surface area contributed by atoms with Gasteiger partial charge in [-0.25, -0.2) is 9.97 Å². The molecular formula is C13H22F3IN6O. The topological polar surface area (TPSA) is 97.5 Å². The Hall–Kier alpha value is -1.37. The fourth-order valence-electron chi connectivity index (χ4n) is 1.53. The molecule has 0 saturated carbocycles. The second-order valence-electron chi connectivity index (χ2n) is 4.43. The zero-order valence-corrected chi connectivity index (χ0v) is 15.6. The number of hydrogen-bond acceptors (Lipinski definition) is 5. The highest BCUT2D eigenvalue weighted by atomic mass is 127. The minimum Gasteiger partial charge on any atom is -0.382 e. The number of rotatable bonds is 9. The highest BCUT2D eigenvalue weighted by molar-refractivity contribution is 14.0. The zero-order chi connectivity index (χ0) is 17.1. The molecule has 4 N–H and O–H groups in total. The van der Waals surface area contributed by atoms with Gasteiger partial charge in [0.25, 0.3) is 0 Å². The van der Waals surface area contributed by atoms with Crippen LogP contribution in [0, 0.1) is 0 Å². The first kappa shape index (κ1) is 22.6. The quantitative estimate of drug-likeness (QED) is 0.225. The van der Waals surface area contributed by atoms with Crippen LogP contribution in [0.15, 0.2) is 17.3 Å². The molecule has 7 nitrogen and oxygen atoms in total. The van der Waals surface area contributed by atoms with Crippen molar-refractivity contribution in [1.29, 1.82) is 0 Å². The predicted molar refractivity (Wildman–Crippen MR) is 96.5 cm³/mol. The van der Waals surface area contributed by atoms with Crippen molar-refractivity contribution in [1.82, 2.24) is 15.3 Å². The monoisotopic (exact) mass is 462 g/mol. The van der Waals surface area contributed by atoms with Gasteiger partial charge < -0.3 is 21.1 Å². The molecule has 138 valence electrons. The van der Waals surface area contributed by atoms with Crippen LogP contribution in [0.25, 0.3) is 0 Å². The Morgan fingerprint density at radius 1 is 1.38 bits per heavy atom. The first-order valence-electron chi connectivity index (χ1n) is 7.19. The molecule has 0 radical (unpaired) electrons. The zero-order valence-electron chi connectivity index (χ0n) is 13.3. The fourth-order valence-corrected chi connectivity index (χ4v) is 1.53. The standard InChI is InChI=1S/C13H21F3N6O.HI/c1-2-23-9-3-5-18-11(17)19-7-8-21-12-20-6-4-10(22-12)13(14,15)16;/h4,6H,2-3,5,7-9H2,1H3,(H3,17,18,19)(H,20,21,22);1H. The van der Waals surface area contributed by atoms with E-state index in [1.54, 1.807) is 0 Å². The third kappa shape index (κ3) is 9.70. The molecule has 1 aromatic heterocycles. The lowest BCUT2D eigenvalue weighted by Gasteiger charge is -2.09. The van der Waals surface area contributed by atoms with Crippen molar-refractivity contribution in [2.24, 2.45) is 10.7 Å². The van der Waals surface area contributed by atoms with Crippen LogP contribution in [0.5, 0.6) is 0 Å². The number of guanidine groups is 1. The minimum atomic E-state index is -4.49. The van der Waals surface area contributed by atoms with Gasteiger partial charge in [-0.2, -0.15) is 13.2 Å². The first-order valence-corrected chi connectivity index (χ1v) is 7.19. The molecule has 1 aromatic rings. The van der Waals surface area contributed by atoms with Crippen molar-refractivity contribution in [3.05, 3.63) is 18.0 Å². The highest BCUT2D eigenvalue weighted by Crippen LogP contribution is 2.27. The van der Waals surface area contributed by atoms with Crippen molar-refractivity contribution in [3.63, 3.8) is 0 Å². The number of aliphatic imine (C=N–C) groups is 1. The molecule has 1 heterocycles. The summed E-state index contributed by atoms with van der Waals surface area (Å²) < 4.78 is 42.6. The number of aromatic nitrogens is 2. The number of halogens is 4. The molecular weight excluding hydrogens is 440 g/mol. The Morgan fingerprint density at radius 3 is 2.79 bits per heavy atom. The summed E-state index contributed by atoms with van der Waals surface area (Å²) in [6.45, 7) is 4.43. The van der Waals surface area contributed by atoms with Gasteiger partial charge in [0, 0.05) is 39.0 Å². The van der Waals surface area contributed by atoms with Crippen molar-refractivity contribution >= 4 is 35.9 Å². The van der Waals surface area contributed by atoms with E-state index >= 15 is 0 Å². The van der Waals surface area contributed by atoms with Crippen LogP contribution in [0.3, 0.4) is 0 Å². The first-order chi connectivity index (χ1) is 10.9. The lowest BCUT2D eigenvalue weighted by atomic mass is 10.4. The van der Waals surface area contributed by atoms with E-state index in [-0.39, 0.29) is 35.9 Å². The van der Waals surface area contributed by atoms with Crippen LogP contribution in [0.1, 0.15) is 19.0 Å². The summed E-state index contributed by atoms with van der Waals surface area (Å²) in [7, 11) is 0. The average molecular weight is 462 g/mol. The number of hydrogen-bond donors (Lipinski definition) is 3. The van der Waals surface area contributed by atoms with E-state index < -0.39 is 11.9 Å². The molecule has 0 unspecified atom stereocenters. The normalized spacial score (nSPS) is 11.8. The Balaban J connectivity index is 0.00000529. The smallest absolute Gasteiger partial charge is 0.382 e. The van der Waals surface area contributed by atoms with Gasteiger partial charge in [0.2, 0.25) is 5.95 Å². The van der Waals surface area contributed by atoms with Crippen molar-refractivity contribution in [3.8, 4) is 0 Å².